The fraction of sp³-hybridized carbons (Fsp3) is 0.300. The molecule has 150 valence electrons. The van der Waals surface area contributed by atoms with Gasteiger partial charge in [0.25, 0.3) is 0 Å². The van der Waals surface area contributed by atoms with Gasteiger partial charge < -0.3 is 14.8 Å². The van der Waals surface area contributed by atoms with Crippen molar-refractivity contribution in [3.8, 4) is 5.75 Å². The van der Waals surface area contributed by atoms with Gasteiger partial charge in [0.05, 0.1) is 33.0 Å². The molecule has 0 saturated heterocycles. The fourth-order valence-corrected chi connectivity index (χ4v) is 2.95. The minimum Gasteiger partial charge on any atom is -0.495 e. The number of nitrogens with one attached hydrogen (secondary N) is 1. The molecule has 8 heteroatoms. The van der Waals surface area contributed by atoms with Crippen molar-refractivity contribution in [3.05, 3.63) is 57.6 Å². The van der Waals surface area contributed by atoms with Crippen LogP contribution in [0.1, 0.15) is 11.1 Å². The number of benzene rings is 2. The molecule has 2 aromatic carbocycles. The molecule has 0 unspecified atom stereocenters. The van der Waals surface area contributed by atoms with Gasteiger partial charge in [-0.25, -0.2) is 0 Å². The minimum absolute atomic E-state index is 0.0366. The highest BCUT2D eigenvalue weighted by atomic mass is 35.5. The third-order valence-electron chi connectivity index (χ3n) is 4.05. The number of amides is 1. The van der Waals surface area contributed by atoms with E-state index in [1.807, 2.05) is 25.1 Å². The Hall–Kier alpha value is -2.28. The third-order valence-corrected chi connectivity index (χ3v) is 4.83. The summed E-state index contributed by atoms with van der Waals surface area (Å²) in [5.74, 6) is -0.301. The van der Waals surface area contributed by atoms with E-state index in [1.165, 1.54) is 14.2 Å². The predicted molar refractivity (Wildman–Crippen MR) is 110 cm³/mol. The van der Waals surface area contributed by atoms with Gasteiger partial charge in [-0.1, -0.05) is 41.4 Å². The van der Waals surface area contributed by atoms with Gasteiger partial charge in [0, 0.05) is 22.7 Å². The second-order valence-corrected chi connectivity index (χ2v) is 6.98. The number of ether oxygens (including phenoxy) is 2. The van der Waals surface area contributed by atoms with Crippen LogP contribution in [0.2, 0.25) is 10.0 Å². The van der Waals surface area contributed by atoms with Crippen molar-refractivity contribution in [2.24, 2.45) is 0 Å². The molecule has 1 amide bonds. The smallest absolute Gasteiger partial charge is 0.319 e. The third kappa shape index (κ3) is 6.12. The van der Waals surface area contributed by atoms with Gasteiger partial charge in [0.1, 0.15) is 5.75 Å². The monoisotopic (exact) mass is 424 g/mol. The zero-order chi connectivity index (χ0) is 20.7. The number of hydrogen-bond donors (Lipinski definition) is 1. The standard InChI is InChI=1S/C20H22Cl2N2O4/c1-13-8-17(18(27-2)9-16(13)22)23-19(25)11-24(12-20(26)28-3)10-14-6-4-5-7-15(14)21/h4-9H,10-12H2,1-3H3,(H,23,25). The lowest BCUT2D eigenvalue weighted by Crippen LogP contribution is -2.37. The summed E-state index contributed by atoms with van der Waals surface area (Å²) in [5, 5.41) is 3.91. The maximum atomic E-state index is 12.6. The quantitative estimate of drug-likeness (QED) is 0.650. The first-order valence-electron chi connectivity index (χ1n) is 8.50. The highest BCUT2D eigenvalue weighted by Crippen LogP contribution is 2.31. The van der Waals surface area contributed by atoms with Crippen molar-refractivity contribution in [2.45, 2.75) is 13.5 Å². The molecule has 2 aromatic rings. The molecule has 0 fully saturated rings. The van der Waals surface area contributed by atoms with Crippen LogP contribution in [0.4, 0.5) is 5.69 Å². The Labute approximate surface area is 174 Å². The Morgan fingerprint density at radius 3 is 2.43 bits per heavy atom. The minimum atomic E-state index is -0.445. The molecule has 0 radical (unpaired) electrons. The van der Waals surface area contributed by atoms with E-state index in [9.17, 15) is 9.59 Å². The van der Waals surface area contributed by atoms with Crippen LogP contribution in [-0.2, 0) is 20.9 Å². The average Bonchev–Trinajstić information content (AvgIpc) is 2.66. The summed E-state index contributed by atoms with van der Waals surface area (Å²) in [6.45, 7) is 2.06. The summed E-state index contributed by atoms with van der Waals surface area (Å²) in [4.78, 5) is 26.0. The first-order chi connectivity index (χ1) is 13.3. The zero-order valence-corrected chi connectivity index (χ0v) is 17.4. The number of esters is 1. The van der Waals surface area contributed by atoms with Crippen LogP contribution in [0.3, 0.4) is 0 Å². The van der Waals surface area contributed by atoms with Gasteiger partial charge in [0.15, 0.2) is 0 Å². The SMILES string of the molecule is COC(=O)CN(CC(=O)Nc1cc(C)c(Cl)cc1OC)Cc1ccccc1Cl. The second kappa shape index (κ2) is 10.3. The highest BCUT2D eigenvalue weighted by Gasteiger charge is 2.18. The van der Waals surface area contributed by atoms with E-state index in [0.29, 0.717) is 28.0 Å². The number of hydrogen-bond acceptors (Lipinski definition) is 5. The number of carbonyl (C=O) groups excluding carboxylic acids is 2. The summed E-state index contributed by atoms with van der Waals surface area (Å²) in [7, 11) is 2.80. The van der Waals surface area contributed by atoms with E-state index in [1.54, 1.807) is 23.1 Å². The lowest BCUT2D eigenvalue weighted by atomic mass is 10.2. The van der Waals surface area contributed by atoms with Gasteiger partial charge >= 0.3 is 5.97 Å². The van der Waals surface area contributed by atoms with Crippen molar-refractivity contribution in [3.63, 3.8) is 0 Å². The molecule has 0 spiro atoms. The van der Waals surface area contributed by atoms with E-state index in [0.717, 1.165) is 11.1 Å². The van der Waals surface area contributed by atoms with Crippen LogP contribution in [0.5, 0.6) is 5.75 Å². The topological polar surface area (TPSA) is 67.9 Å². The number of aryl methyl sites for hydroxylation is 1. The molecule has 0 atom stereocenters. The Kier molecular flexibility index (Phi) is 8.11. The summed E-state index contributed by atoms with van der Waals surface area (Å²) in [6.07, 6.45) is 0. The Morgan fingerprint density at radius 1 is 1.07 bits per heavy atom. The molecule has 1 N–H and O–H groups in total. The number of nitrogens with zero attached hydrogens (tertiary/aromatic N) is 1. The van der Waals surface area contributed by atoms with Crippen molar-refractivity contribution in [1.82, 2.24) is 4.90 Å². The Morgan fingerprint density at radius 2 is 1.79 bits per heavy atom. The van der Waals surface area contributed by atoms with Crippen LogP contribution >= 0.6 is 23.2 Å². The van der Waals surface area contributed by atoms with E-state index >= 15 is 0 Å². The van der Waals surface area contributed by atoms with Gasteiger partial charge in [-0.05, 0) is 30.2 Å². The van der Waals surface area contributed by atoms with E-state index in [2.05, 4.69) is 5.32 Å². The second-order valence-electron chi connectivity index (χ2n) is 6.16. The lowest BCUT2D eigenvalue weighted by molar-refractivity contribution is -0.142. The molecule has 0 heterocycles. The van der Waals surface area contributed by atoms with Crippen LogP contribution in [0, 0.1) is 6.92 Å². The molecule has 0 aliphatic heterocycles. The van der Waals surface area contributed by atoms with Crippen molar-refractivity contribution < 1.29 is 19.1 Å². The molecule has 0 aromatic heterocycles. The maximum absolute atomic E-state index is 12.6. The van der Waals surface area contributed by atoms with Crippen LogP contribution in [0.25, 0.3) is 0 Å². The molecule has 0 aliphatic rings. The van der Waals surface area contributed by atoms with Crippen molar-refractivity contribution in [1.29, 1.82) is 0 Å². The molecule has 0 aliphatic carbocycles. The summed E-state index contributed by atoms with van der Waals surface area (Å²) >= 11 is 12.3. The fourth-order valence-electron chi connectivity index (χ4n) is 2.61. The largest absolute Gasteiger partial charge is 0.495 e. The molecule has 28 heavy (non-hydrogen) atoms. The van der Waals surface area contributed by atoms with E-state index < -0.39 is 5.97 Å². The summed E-state index contributed by atoms with van der Waals surface area (Å²) < 4.78 is 10.0. The molecule has 0 bridgehead atoms. The Bertz CT molecular complexity index is 858. The van der Waals surface area contributed by atoms with Gasteiger partial charge in [-0.3, -0.25) is 14.5 Å². The maximum Gasteiger partial charge on any atom is 0.319 e. The molecule has 6 nitrogen and oxygen atoms in total. The molecular formula is C20H22Cl2N2O4. The summed E-state index contributed by atoms with van der Waals surface area (Å²) in [5.41, 5.74) is 2.12. The predicted octanol–water partition coefficient (Wildman–Crippen LogP) is 3.92. The molecule has 0 saturated carbocycles. The molecule has 2 rings (SSSR count). The number of rotatable bonds is 8. The van der Waals surface area contributed by atoms with Gasteiger partial charge in [0.2, 0.25) is 5.91 Å². The number of halogens is 2. The zero-order valence-electron chi connectivity index (χ0n) is 15.9. The van der Waals surface area contributed by atoms with E-state index in [-0.39, 0.29) is 19.0 Å². The first-order valence-corrected chi connectivity index (χ1v) is 9.26. The summed E-state index contributed by atoms with van der Waals surface area (Å²) in [6, 6.07) is 10.6. The van der Waals surface area contributed by atoms with Crippen LogP contribution in [-0.4, -0.2) is 44.1 Å². The number of anilines is 1. The van der Waals surface area contributed by atoms with Crippen molar-refractivity contribution in [2.75, 3.05) is 32.6 Å². The van der Waals surface area contributed by atoms with Crippen LogP contribution < -0.4 is 10.1 Å². The Balaban J connectivity index is 2.15. The lowest BCUT2D eigenvalue weighted by Gasteiger charge is -2.21. The van der Waals surface area contributed by atoms with E-state index in [4.69, 9.17) is 32.7 Å². The average molecular weight is 425 g/mol. The molecular weight excluding hydrogens is 403 g/mol. The normalized spacial score (nSPS) is 10.6. The first kappa shape index (κ1) is 22.0. The number of methoxy groups -OCH3 is 2. The van der Waals surface area contributed by atoms with Gasteiger partial charge in [-0.15, -0.1) is 0 Å². The number of carbonyl (C=O) groups is 2. The van der Waals surface area contributed by atoms with Crippen LogP contribution in [0.15, 0.2) is 36.4 Å². The van der Waals surface area contributed by atoms with Crippen molar-refractivity contribution >= 4 is 40.8 Å². The van der Waals surface area contributed by atoms with Gasteiger partial charge in [-0.2, -0.15) is 0 Å². The highest BCUT2D eigenvalue weighted by molar-refractivity contribution is 6.31.